The number of hydrogen-bond donors (Lipinski definition) is 0. The summed E-state index contributed by atoms with van der Waals surface area (Å²) in [5.41, 5.74) is 2.68. The van der Waals surface area contributed by atoms with Crippen molar-refractivity contribution in [2.45, 2.75) is 26.1 Å². The van der Waals surface area contributed by atoms with E-state index in [1.54, 1.807) is 26.3 Å². The topological polar surface area (TPSA) is 60.0 Å². The van der Waals surface area contributed by atoms with E-state index >= 15 is 0 Å². The number of benzene rings is 2. The van der Waals surface area contributed by atoms with Crippen LogP contribution >= 0.6 is 0 Å². The fourth-order valence-corrected chi connectivity index (χ4v) is 2.91. The molecule has 2 aromatic carbocycles. The summed E-state index contributed by atoms with van der Waals surface area (Å²) in [5, 5.41) is 12.1. The van der Waals surface area contributed by atoms with Gasteiger partial charge in [0.25, 0.3) is 0 Å². The lowest BCUT2D eigenvalue weighted by Crippen LogP contribution is -2.06. The van der Waals surface area contributed by atoms with Gasteiger partial charge < -0.3 is 9.26 Å². The van der Waals surface area contributed by atoms with E-state index in [-0.39, 0.29) is 0 Å². The second kappa shape index (κ2) is 9.04. The maximum atomic E-state index is 12.7. The Morgan fingerprint density at radius 2 is 1.83 bits per heavy atom. The molecule has 0 bridgehead atoms. The monoisotopic (exact) mass is 415 g/mol. The third-order valence-electron chi connectivity index (χ3n) is 4.45. The van der Waals surface area contributed by atoms with E-state index in [4.69, 9.17) is 9.26 Å². The van der Waals surface area contributed by atoms with Crippen LogP contribution in [-0.2, 0) is 10.9 Å². The molecule has 1 aromatic heterocycles. The molecule has 1 unspecified atom stereocenters. The van der Waals surface area contributed by atoms with Crippen molar-refractivity contribution in [3.63, 3.8) is 0 Å². The number of ether oxygens (including phenoxy) is 1. The molecule has 1 heterocycles. The Morgan fingerprint density at radius 1 is 1.13 bits per heavy atom. The standard InChI is InChI=1S/C22H20F3N3O2/c1-14-12-20(30-28-14)21(29-3)19-7-5-4-6-17(19)13-26-27-15(2)16-8-10-18(11-9-16)22(23,24)25/h4-13,21H,1-3H3. The molecule has 0 amide bonds. The van der Waals surface area contributed by atoms with Gasteiger partial charge in [0.15, 0.2) is 5.76 Å². The van der Waals surface area contributed by atoms with E-state index in [0.717, 1.165) is 29.0 Å². The maximum absolute atomic E-state index is 12.7. The van der Waals surface area contributed by atoms with Gasteiger partial charge in [0, 0.05) is 18.7 Å². The van der Waals surface area contributed by atoms with Crippen LogP contribution in [0.15, 0.2) is 69.3 Å². The smallest absolute Gasteiger partial charge is 0.369 e. The van der Waals surface area contributed by atoms with Crippen LogP contribution in [0.4, 0.5) is 13.2 Å². The van der Waals surface area contributed by atoms with Crippen LogP contribution in [0.1, 0.15) is 46.7 Å². The van der Waals surface area contributed by atoms with Gasteiger partial charge in [-0.15, -0.1) is 0 Å². The second-order valence-electron chi connectivity index (χ2n) is 6.62. The van der Waals surface area contributed by atoms with Crippen molar-refractivity contribution in [1.82, 2.24) is 5.16 Å². The van der Waals surface area contributed by atoms with Crippen LogP contribution in [-0.4, -0.2) is 24.2 Å². The molecule has 0 radical (unpaired) electrons. The van der Waals surface area contributed by atoms with Gasteiger partial charge in [0.05, 0.1) is 23.2 Å². The van der Waals surface area contributed by atoms with E-state index in [9.17, 15) is 13.2 Å². The number of aromatic nitrogens is 1. The molecule has 1 atom stereocenters. The van der Waals surface area contributed by atoms with Gasteiger partial charge in [-0.25, -0.2) is 0 Å². The Morgan fingerprint density at radius 3 is 2.43 bits per heavy atom. The van der Waals surface area contributed by atoms with Crippen LogP contribution in [0, 0.1) is 6.92 Å². The Hall–Kier alpha value is -3.26. The van der Waals surface area contributed by atoms with Gasteiger partial charge in [0.1, 0.15) is 6.10 Å². The molecule has 30 heavy (non-hydrogen) atoms. The van der Waals surface area contributed by atoms with Crippen molar-refractivity contribution in [3.8, 4) is 0 Å². The van der Waals surface area contributed by atoms with E-state index in [0.29, 0.717) is 17.0 Å². The zero-order valence-electron chi connectivity index (χ0n) is 16.6. The molecule has 0 aliphatic heterocycles. The average molecular weight is 415 g/mol. The first-order valence-corrected chi connectivity index (χ1v) is 9.10. The van der Waals surface area contributed by atoms with Crippen molar-refractivity contribution in [3.05, 3.63) is 88.3 Å². The number of nitrogens with zero attached hydrogens (tertiary/aromatic N) is 3. The molecule has 0 saturated heterocycles. The summed E-state index contributed by atoms with van der Waals surface area (Å²) in [6, 6.07) is 14.1. The van der Waals surface area contributed by atoms with Gasteiger partial charge in [-0.2, -0.15) is 23.4 Å². The van der Waals surface area contributed by atoms with Crippen molar-refractivity contribution >= 4 is 11.9 Å². The minimum Gasteiger partial charge on any atom is -0.369 e. The first kappa shape index (κ1) is 21.4. The van der Waals surface area contributed by atoms with Crippen LogP contribution in [0.2, 0.25) is 0 Å². The molecular weight excluding hydrogens is 395 g/mol. The van der Waals surface area contributed by atoms with E-state index in [2.05, 4.69) is 15.4 Å². The summed E-state index contributed by atoms with van der Waals surface area (Å²) in [4.78, 5) is 0. The zero-order valence-corrected chi connectivity index (χ0v) is 16.6. The zero-order chi connectivity index (χ0) is 21.7. The van der Waals surface area contributed by atoms with Crippen LogP contribution < -0.4 is 0 Å². The second-order valence-corrected chi connectivity index (χ2v) is 6.62. The fourth-order valence-electron chi connectivity index (χ4n) is 2.91. The van der Waals surface area contributed by atoms with Crippen molar-refractivity contribution in [1.29, 1.82) is 0 Å². The number of methoxy groups -OCH3 is 1. The molecule has 8 heteroatoms. The minimum atomic E-state index is -4.37. The molecular formula is C22H20F3N3O2. The summed E-state index contributed by atoms with van der Waals surface area (Å²) in [7, 11) is 1.57. The van der Waals surface area contributed by atoms with Gasteiger partial charge in [-0.1, -0.05) is 41.6 Å². The van der Waals surface area contributed by atoms with E-state index in [1.165, 1.54) is 12.1 Å². The van der Waals surface area contributed by atoms with Gasteiger partial charge in [-0.05, 0) is 37.1 Å². The number of rotatable bonds is 6. The van der Waals surface area contributed by atoms with Crippen LogP contribution in [0.3, 0.4) is 0 Å². The summed E-state index contributed by atoms with van der Waals surface area (Å²) >= 11 is 0. The lowest BCUT2D eigenvalue weighted by Gasteiger charge is -2.14. The van der Waals surface area contributed by atoms with E-state index in [1.807, 2.05) is 31.2 Å². The molecule has 0 aliphatic rings. The molecule has 156 valence electrons. The Bertz CT molecular complexity index is 1050. The number of alkyl halides is 3. The first-order chi connectivity index (χ1) is 14.3. The minimum absolute atomic E-state index is 0.464. The van der Waals surface area contributed by atoms with Gasteiger partial charge >= 0.3 is 6.18 Å². The predicted octanol–water partition coefficient (Wildman–Crippen LogP) is 5.58. The highest BCUT2D eigenvalue weighted by atomic mass is 19.4. The number of aryl methyl sites for hydroxylation is 1. The Kier molecular flexibility index (Phi) is 6.47. The van der Waals surface area contributed by atoms with Crippen molar-refractivity contribution in [2.75, 3.05) is 7.11 Å². The first-order valence-electron chi connectivity index (χ1n) is 9.10. The molecule has 3 aromatic rings. The summed E-state index contributed by atoms with van der Waals surface area (Å²) in [6.45, 7) is 3.51. The molecule has 0 spiro atoms. The van der Waals surface area contributed by atoms with Gasteiger partial charge in [-0.3, -0.25) is 0 Å². The highest BCUT2D eigenvalue weighted by molar-refractivity contribution is 5.99. The number of halogens is 3. The SMILES string of the molecule is COC(c1cc(C)no1)c1ccccc1C=NN=C(C)c1ccc(C(F)(F)F)cc1. The van der Waals surface area contributed by atoms with Gasteiger partial charge in [0.2, 0.25) is 0 Å². The third kappa shape index (κ3) is 5.01. The summed E-state index contributed by atoms with van der Waals surface area (Å²) in [6.07, 6.45) is -3.27. The average Bonchev–Trinajstić information content (AvgIpc) is 3.15. The number of hydrogen-bond acceptors (Lipinski definition) is 5. The lowest BCUT2D eigenvalue weighted by molar-refractivity contribution is -0.137. The van der Waals surface area contributed by atoms with Crippen LogP contribution in [0.25, 0.3) is 0 Å². The molecule has 0 N–H and O–H groups in total. The van der Waals surface area contributed by atoms with Crippen LogP contribution in [0.5, 0.6) is 0 Å². The van der Waals surface area contributed by atoms with Crippen molar-refractivity contribution < 1.29 is 22.4 Å². The predicted molar refractivity (Wildman–Crippen MR) is 108 cm³/mol. The quantitative estimate of drug-likeness (QED) is 0.390. The highest BCUT2D eigenvalue weighted by Crippen LogP contribution is 2.29. The molecule has 0 aliphatic carbocycles. The third-order valence-corrected chi connectivity index (χ3v) is 4.45. The molecule has 0 fully saturated rings. The largest absolute Gasteiger partial charge is 0.416 e. The molecule has 0 saturated carbocycles. The summed E-state index contributed by atoms with van der Waals surface area (Å²) < 4.78 is 49.0. The Labute approximate surface area is 171 Å². The molecule has 5 nitrogen and oxygen atoms in total. The normalized spacial score (nSPS) is 13.7. The maximum Gasteiger partial charge on any atom is 0.416 e. The summed E-state index contributed by atoms with van der Waals surface area (Å²) in [5.74, 6) is 0.570. The fraction of sp³-hybridized carbons (Fsp3) is 0.227. The molecule has 3 rings (SSSR count). The van der Waals surface area contributed by atoms with Crippen molar-refractivity contribution in [2.24, 2.45) is 10.2 Å². The van der Waals surface area contributed by atoms with E-state index < -0.39 is 17.8 Å². The highest BCUT2D eigenvalue weighted by Gasteiger charge is 2.30. The Balaban J connectivity index is 1.82. The lowest BCUT2D eigenvalue weighted by atomic mass is 10.0.